The maximum absolute atomic E-state index is 12.4. The minimum atomic E-state index is -0.255. The molecule has 3 aromatic rings. The zero-order valence-electron chi connectivity index (χ0n) is 16.0. The number of rotatable bonds is 8. The van der Waals surface area contributed by atoms with Gasteiger partial charge in [0.05, 0.1) is 0 Å². The van der Waals surface area contributed by atoms with Crippen LogP contribution in [0.1, 0.15) is 47.1 Å². The molecular weight excluding hydrogens is 376 g/mol. The summed E-state index contributed by atoms with van der Waals surface area (Å²) in [4.78, 5) is 12.4. The SMILES string of the molecule is CC/C=C(/CCNC(=O)c1cc(Cn2cccn2)on1)c1cc(Cl)ccc1C. The number of hydrogen-bond donors (Lipinski definition) is 1. The van der Waals surface area contributed by atoms with Crippen LogP contribution in [0.25, 0.3) is 5.57 Å². The molecule has 1 N–H and O–H groups in total. The Hall–Kier alpha value is -2.86. The standard InChI is InChI=1S/C21H23ClN4O2/c1-3-5-16(19-12-17(22)7-6-15(19)2)8-10-23-21(27)20-13-18(28-25-20)14-26-11-4-9-24-26/h4-7,9,11-13H,3,8,10,14H2,1-2H3,(H,23,27)/b16-5-. The molecule has 1 amide bonds. The van der Waals surface area contributed by atoms with Crippen LogP contribution in [0.2, 0.25) is 5.02 Å². The maximum atomic E-state index is 12.4. The zero-order valence-corrected chi connectivity index (χ0v) is 16.7. The van der Waals surface area contributed by atoms with Crippen molar-refractivity contribution < 1.29 is 9.32 Å². The van der Waals surface area contributed by atoms with E-state index in [-0.39, 0.29) is 11.6 Å². The number of aromatic nitrogens is 3. The average molecular weight is 399 g/mol. The first kappa shape index (κ1) is 19.9. The van der Waals surface area contributed by atoms with Gasteiger partial charge in [-0.3, -0.25) is 9.48 Å². The third kappa shape index (κ3) is 5.10. The molecule has 0 spiro atoms. The van der Waals surface area contributed by atoms with Crippen molar-refractivity contribution in [2.24, 2.45) is 0 Å². The average Bonchev–Trinajstić information content (AvgIpc) is 3.35. The van der Waals surface area contributed by atoms with E-state index in [1.807, 2.05) is 30.5 Å². The normalized spacial score (nSPS) is 11.6. The lowest BCUT2D eigenvalue weighted by molar-refractivity contribution is 0.0945. The molecule has 0 saturated heterocycles. The Morgan fingerprint density at radius 2 is 2.21 bits per heavy atom. The lowest BCUT2D eigenvalue weighted by Gasteiger charge is -2.12. The molecule has 0 aliphatic rings. The van der Waals surface area contributed by atoms with Crippen LogP contribution < -0.4 is 5.32 Å². The van der Waals surface area contributed by atoms with E-state index in [2.05, 4.69) is 35.5 Å². The van der Waals surface area contributed by atoms with Gasteiger partial charge in [0.1, 0.15) is 6.54 Å². The van der Waals surface area contributed by atoms with E-state index in [0.29, 0.717) is 30.3 Å². The van der Waals surface area contributed by atoms with Crippen molar-refractivity contribution in [2.75, 3.05) is 6.54 Å². The Labute approximate surface area is 169 Å². The van der Waals surface area contributed by atoms with Gasteiger partial charge in [0.15, 0.2) is 11.5 Å². The predicted octanol–water partition coefficient (Wildman–Crippen LogP) is 4.49. The molecule has 2 aromatic heterocycles. The van der Waals surface area contributed by atoms with Gasteiger partial charge >= 0.3 is 0 Å². The van der Waals surface area contributed by atoms with Crippen molar-refractivity contribution in [1.29, 1.82) is 0 Å². The Morgan fingerprint density at radius 1 is 1.36 bits per heavy atom. The van der Waals surface area contributed by atoms with Crippen LogP contribution in [-0.4, -0.2) is 27.4 Å². The second-order valence-corrected chi connectivity index (χ2v) is 6.92. The molecule has 0 saturated carbocycles. The number of amides is 1. The van der Waals surface area contributed by atoms with Crippen molar-refractivity contribution in [3.05, 3.63) is 76.4 Å². The molecule has 0 aliphatic carbocycles. The lowest BCUT2D eigenvalue weighted by atomic mass is 9.97. The fourth-order valence-electron chi connectivity index (χ4n) is 2.98. The molecule has 0 aliphatic heterocycles. The highest BCUT2D eigenvalue weighted by molar-refractivity contribution is 6.30. The summed E-state index contributed by atoms with van der Waals surface area (Å²) in [6, 6.07) is 9.33. The second kappa shape index (κ2) is 9.37. The molecular formula is C21H23ClN4O2. The van der Waals surface area contributed by atoms with E-state index in [4.69, 9.17) is 16.1 Å². The summed E-state index contributed by atoms with van der Waals surface area (Å²) >= 11 is 6.16. The van der Waals surface area contributed by atoms with Crippen LogP contribution in [0.3, 0.4) is 0 Å². The van der Waals surface area contributed by atoms with Gasteiger partial charge in [-0.25, -0.2) is 0 Å². The van der Waals surface area contributed by atoms with E-state index < -0.39 is 0 Å². The molecule has 1 aromatic carbocycles. The maximum Gasteiger partial charge on any atom is 0.273 e. The number of carbonyl (C=O) groups is 1. The van der Waals surface area contributed by atoms with E-state index in [1.54, 1.807) is 16.9 Å². The molecule has 6 nitrogen and oxygen atoms in total. The first-order chi connectivity index (χ1) is 13.6. The van der Waals surface area contributed by atoms with E-state index in [1.165, 1.54) is 5.57 Å². The largest absolute Gasteiger partial charge is 0.359 e. The summed E-state index contributed by atoms with van der Waals surface area (Å²) in [5.74, 6) is 0.323. The van der Waals surface area contributed by atoms with Gasteiger partial charge in [-0.2, -0.15) is 5.10 Å². The van der Waals surface area contributed by atoms with Gasteiger partial charge in [-0.1, -0.05) is 35.8 Å². The summed E-state index contributed by atoms with van der Waals surface area (Å²) in [7, 11) is 0. The third-order valence-corrected chi connectivity index (χ3v) is 4.58. The van der Waals surface area contributed by atoms with Crippen molar-refractivity contribution in [2.45, 2.75) is 33.2 Å². The lowest BCUT2D eigenvalue weighted by Crippen LogP contribution is -2.25. The minimum Gasteiger partial charge on any atom is -0.359 e. The molecule has 0 bridgehead atoms. The minimum absolute atomic E-state index is 0.255. The second-order valence-electron chi connectivity index (χ2n) is 6.48. The number of nitrogens with zero attached hydrogens (tertiary/aromatic N) is 3. The van der Waals surface area contributed by atoms with Crippen LogP contribution in [-0.2, 0) is 6.54 Å². The number of hydrogen-bond acceptors (Lipinski definition) is 4. The highest BCUT2D eigenvalue weighted by Crippen LogP contribution is 2.25. The number of carbonyl (C=O) groups excluding carboxylic acids is 1. The van der Waals surface area contributed by atoms with Crippen LogP contribution in [0.15, 0.2) is 53.3 Å². The Bertz CT molecular complexity index is 961. The predicted molar refractivity (Wildman–Crippen MR) is 109 cm³/mol. The highest BCUT2D eigenvalue weighted by atomic mass is 35.5. The number of allylic oxidation sites excluding steroid dienone is 1. The van der Waals surface area contributed by atoms with Crippen LogP contribution in [0.4, 0.5) is 0 Å². The van der Waals surface area contributed by atoms with Gasteiger partial charge in [0, 0.05) is 30.0 Å². The van der Waals surface area contributed by atoms with Crippen molar-refractivity contribution in [3.63, 3.8) is 0 Å². The molecule has 2 heterocycles. The first-order valence-electron chi connectivity index (χ1n) is 9.23. The van der Waals surface area contributed by atoms with E-state index in [0.717, 1.165) is 17.5 Å². The summed E-state index contributed by atoms with van der Waals surface area (Å²) in [6.07, 6.45) is 7.30. The van der Waals surface area contributed by atoms with Crippen LogP contribution >= 0.6 is 11.6 Å². The monoisotopic (exact) mass is 398 g/mol. The van der Waals surface area contributed by atoms with Gasteiger partial charge in [-0.15, -0.1) is 0 Å². The molecule has 7 heteroatoms. The first-order valence-corrected chi connectivity index (χ1v) is 9.61. The van der Waals surface area contributed by atoms with Crippen molar-refractivity contribution in [3.8, 4) is 0 Å². The quantitative estimate of drug-likeness (QED) is 0.606. The van der Waals surface area contributed by atoms with Gasteiger partial charge in [0.25, 0.3) is 5.91 Å². The number of benzene rings is 1. The molecule has 28 heavy (non-hydrogen) atoms. The number of halogens is 1. The molecule has 0 atom stereocenters. The van der Waals surface area contributed by atoms with Crippen molar-refractivity contribution >= 4 is 23.1 Å². The summed E-state index contributed by atoms with van der Waals surface area (Å²) in [6.45, 7) is 5.09. The van der Waals surface area contributed by atoms with E-state index >= 15 is 0 Å². The van der Waals surface area contributed by atoms with Gasteiger partial charge < -0.3 is 9.84 Å². The summed E-state index contributed by atoms with van der Waals surface area (Å²) in [5, 5.41) is 11.6. The highest BCUT2D eigenvalue weighted by Gasteiger charge is 2.13. The Balaban J connectivity index is 1.58. The molecule has 0 fully saturated rings. The van der Waals surface area contributed by atoms with Crippen LogP contribution in [0, 0.1) is 6.92 Å². The van der Waals surface area contributed by atoms with Crippen LogP contribution in [0.5, 0.6) is 0 Å². The Morgan fingerprint density at radius 3 is 2.96 bits per heavy atom. The fourth-order valence-corrected chi connectivity index (χ4v) is 3.15. The molecule has 0 radical (unpaired) electrons. The zero-order chi connectivity index (χ0) is 19.9. The van der Waals surface area contributed by atoms with Crippen molar-refractivity contribution in [1.82, 2.24) is 20.3 Å². The molecule has 3 rings (SSSR count). The van der Waals surface area contributed by atoms with Gasteiger partial charge in [-0.05, 0) is 54.7 Å². The Kier molecular flexibility index (Phi) is 6.66. The fraction of sp³-hybridized carbons (Fsp3) is 0.286. The molecule has 146 valence electrons. The van der Waals surface area contributed by atoms with Gasteiger partial charge in [0.2, 0.25) is 0 Å². The smallest absolute Gasteiger partial charge is 0.273 e. The summed E-state index contributed by atoms with van der Waals surface area (Å²) in [5.41, 5.74) is 3.71. The summed E-state index contributed by atoms with van der Waals surface area (Å²) < 4.78 is 6.93. The topological polar surface area (TPSA) is 73.0 Å². The number of nitrogens with one attached hydrogen (secondary N) is 1. The van der Waals surface area contributed by atoms with E-state index in [9.17, 15) is 4.79 Å². The number of aryl methyl sites for hydroxylation is 1. The third-order valence-electron chi connectivity index (χ3n) is 4.34. The molecule has 0 unspecified atom stereocenters.